The number of fused-ring (bicyclic) bond motifs is 1. The molecule has 25 heavy (non-hydrogen) atoms. The van der Waals surface area contributed by atoms with Gasteiger partial charge in [-0.2, -0.15) is 0 Å². The van der Waals surface area contributed by atoms with Gasteiger partial charge in [-0.3, -0.25) is 14.7 Å². The molecule has 1 aliphatic rings. The first kappa shape index (κ1) is 16.2. The van der Waals surface area contributed by atoms with E-state index in [2.05, 4.69) is 41.1 Å². The average Bonchev–Trinajstić information content (AvgIpc) is 3.24. The molecule has 4 nitrogen and oxygen atoms in total. The molecule has 1 saturated heterocycles. The molecule has 0 saturated carbocycles. The maximum Gasteiger partial charge on any atom is 0.320 e. The highest BCUT2D eigenvalue weighted by molar-refractivity contribution is 7.19. The van der Waals surface area contributed by atoms with E-state index in [1.54, 1.807) is 17.5 Å². The summed E-state index contributed by atoms with van der Waals surface area (Å²) in [6, 6.07) is 13.9. The van der Waals surface area contributed by atoms with Crippen LogP contribution in [0.3, 0.4) is 0 Å². The Morgan fingerprint density at radius 3 is 2.92 bits per heavy atom. The number of likely N-dealkylation sites (tertiary alicyclic amines) is 1. The van der Waals surface area contributed by atoms with Gasteiger partial charge in [0.25, 0.3) is 0 Å². The number of pyridine rings is 1. The maximum absolute atomic E-state index is 11.8. The van der Waals surface area contributed by atoms with Gasteiger partial charge in [0.15, 0.2) is 0 Å². The first-order valence-electron chi connectivity index (χ1n) is 8.53. The standard InChI is InChI=1S/C20H20N2O2S/c1-13-6-4-10-21-18(13)19(22-11-5-8-15(22)20(23)24)17-12-14-7-2-3-9-16(14)25-17/h2-4,6-7,9-10,12,15,19H,5,8,11H2,1H3,(H,23,24). The minimum Gasteiger partial charge on any atom is -0.480 e. The van der Waals surface area contributed by atoms with E-state index in [0.29, 0.717) is 6.42 Å². The largest absolute Gasteiger partial charge is 0.480 e. The predicted molar refractivity (Wildman–Crippen MR) is 100 cm³/mol. The lowest BCUT2D eigenvalue weighted by Gasteiger charge is -2.31. The first-order chi connectivity index (χ1) is 12.1. The number of aryl methyl sites for hydroxylation is 1. The number of carboxylic acid groups (broad SMARTS) is 1. The summed E-state index contributed by atoms with van der Waals surface area (Å²) >= 11 is 1.73. The van der Waals surface area contributed by atoms with Crippen LogP contribution in [0.15, 0.2) is 48.7 Å². The van der Waals surface area contributed by atoms with Crippen LogP contribution < -0.4 is 0 Å². The van der Waals surface area contributed by atoms with Crippen LogP contribution in [0.25, 0.3) is 10.1 Å². The van der Waals surface area contributed by atoms with Gasteiger partial charge in [0, 0.05) is 22.3 Å². The predicted octanol–water partition coefficient (Wildman–Crippen LogP) is 4.24. The lowest BCUT2D eigenvalue weighted by molar-refractivity contribution is -0.142. The van der Waals surface area contributed by atoms with Crippen LogP contribution in [-0.2, 0) is 4.79 Å². The van der Waals surface area contributed by atoms with E-state index < -0.39 is 12.0 Å². The highest BCUT2D eigenvalue weighted by Crippen LogP contribution is 2.40. The average molecular weight is 352 g/mol. The number of rotatable bonds is 4. The second-order valence-corrected chi connectivity index (χ2v) is 7.64. The van der Waals surface area contributed by atoms with E-state index in [4.69, 9.17) is 0 Å². The second kappa shape index (κ2) is 6.58. The van der Waals surface area contributed by atoms with Crippen molar-refractivity contribution in [2.45, 2.75) is 31.8 Å². The summed E-state index contributed by atoms with van der Waals surface area (Å²) in [5, 5.41) is 10.9. The number of thiophene rings is 1. The zero-order valence-corrected chi connectivity index (χ0v) is 14.9. The molecule has 0 radical (unpaired) electrons. The van der Waals surface area contributed by atoms with Gasteiger partial charge in [-0.1, -0.05) is 24.3 Å². The zero-order chi connectivity index (χ0) is 17.4. The van der Waals surface area contributed by atoms with Crippen LogP contribution >= 0.6 is 11.3 Å². The fourth-order valence-corrected chi connectivity index (χ4v) is 4.93. The number of aromatic nitrogens is 1. The molecule has 2 aromatic heterocycles. The second-order valence-electron chi connectivity index (χ2n) is 6.53. The minimum atomic E-state index is -0.739. The smallest absolute Gasteiger partial charge is 0.320 e. The van der Waals surface area contributed by atoms with Gasteiger partial charge in [-0.15, -0.1) is 11.3 Å². The van der Waals surface area contributed by atoms with Crippen LogP contribution in [-0.4, -0.2) is 33.5 Å². The third kappa shape index (κ3) is 2.94. The quantitative estimate of drug-likeness (QED) is 0.763. The van der Waals surface area contributed by atoms with Gasteiger partial charge in [0.05, 0.1) is 11.7 Å². The van der Waals surface area contributed by atoms with Crippen molar-refractivity contribution in [2.24, 2.45) is 0 Å². The van der Waals surface area contributed by atoms with Crippen LogP contribution in [0.2, 0.25) is 0 Å². The lowest BCUT2D eigenvalue weighted by atomic mass is 10.0. The number of carbonyl (C=O) groups is 1. The van der Waals surface area contributed by atoms with Crippen LogP contribution in [0.5, 0.6) is 0 Å². The summed E-state index contributed by atoms with van der Waals surface area (Å²) in [5.41, 5.74) is 2.06. The topological polar surface area (TPSA) is 53.4 Å². The molecule has 4 rings (SSSR count). The molecular formula is C20H20N2O2S. The monoisotopic (exact) mass is 352 g/mol. The third-order valence-electron chi connectivity index (χ3n) is 4.93. The van der Waals surface area contributed by atoms with Gasteiger partial charge in [0.2, 0.25) is 0 Å². The van der Waals surface area contributed by atoms with Crippen molar-refractivity contribution >= 4 is 27.4 Å². The fourth-order valence-electron chi connectivity index (χ4n) is 3.74. The molecule has 3 aromatic rings. The van der Waals surface area contributed by atoms with Crippen molar-refractivity contribution in [3.63, 3.8) is 0 Å². The van der Waals surface area contributed by atoms with Gasteiger partial charge < -0.3 is 5.11 Å². The summed E-state index contributed by atoms with van der Waals surface area (Å²) in [7, 11) is 0. The molecular weight excluding hydrogens is 332 g/mol. The highest BCUT2D eigenvalue weighted by atomic mass is 32.1. The SMILES string of the molecule is Cc1cccnc1C(c1cc2ccccc2s1)N1CCCC1C(=O)O. The van der Waals surface area contributed by atoms with Crippen molar-refractivity contribution in [1.82, 2.24) is 9.88 Å². The first-order valence-corrected chi connectivity index (χ1v) is 9.35. The van der Waals surface area contributed by atoms with E-state index in [9.17, 15) is 9.90 Å². The Bertz CT molecular complexity index is 888. The van der Waals surface area contributed by atoms with Crippen molar-refractivity contribution in [1.29, 1.82) is 0 Å². The van der Waals surface area contributed by atoms with Crippen molar-refractivity contribution in [2.75, 3.05) is 6.54 Å². The van der Waals surface area contributed by atoms with E-state index in [1.165, 1.54) is 10.1 Å². The molecule has 2 unspecified atom stereocenters. The summed E-state index contributed by atoms with van der Waals surface area (Å²) in [4.78, 5) is 19.7. The molecule has 0 bridgehead atoms. The van der Waals surface area contributed by atoms with E-state index in [1.807, 2.05) is 18.2 Å². The molecule has 1 fully saturated rings. The Kier molecular flexibility index (Phi) is 4.27. The number of benzene rings is 1. The molecule has 1 aliphatic heterocycles. The molecule has 2 atom stereocenters. The molecule has 1 N–H and O–H groups in total. The number of nitrogens with zero attached hydrogens (tertiary/aromatic N) is 2. The Morgan fingerprint density at radius 2 is 2.16 bits per heavy atom. The Labute approximate surface area is 150 Å². The third-order valence-corrected chi connectivity index (χ3v) is 6.10. The summed E-state index contributed by atoms with van der Waals surface area (Å²) in [6.07, 6.45) is 3.40. The van der Waals surface area contributed by atoms with Crippen molar-refractivity contribution in [3.05, 3.63) is 64.8 Å². The summed E-state index contributed by atoms with van der Waals surface area (Å²) < 4.78 is 1.22. The van der Waals surface area contributed by atoms with Crippen molar-refractivity contribution in [3.8, 4) is 0 Å². The zero-order valence-electron chi connectivity index (χ0n) is 14.1. The number of hydrogen-bond acceptors (Lipinski definition) is 4. The highest BCUT2D eigenvalue weighted by Gasteiger charge is 2.38. The van der Waals surface area contributed by atoms with E-state index >= 15 is 0 Å². The molecule has 0 spiro atoms. The fraction of sp³-hybridized carbons (Fsp3) is 0.300. The normalized spacial score (nSPS) is 19.3. The van der Waals surface area contributed by atoms with Gasteiger partial charge >= 0.3 is 5.97 Å². The van der Waals surface area contributed by atoms with E-state index in [0.717, 1.165) is 29.1 Å². The Hall–Kier alpha value is -2.24. The summed E-state index contributed by atoms with van der Waals surface area (Å²) in [5.74, 6) is -0.739. The van der Waals surface area contributed by atoms with Crippen LogP contribution in [0.1, 0.15) is 35.0 Å². The van der Waals surface area contributed by atoms with Crippen LogP contribution in [0, 0.1) is 6.92 Å². The van der Waals surface area contributed by atoms with Gasteiger partial charge in [0.1, 0.15) is 6.04 Å². The lowest BCUT2D eigenvalue weighted by Crippen LogP contribution is -2.39. The van der Waals surface area contributed by atoms with Crippen molar-refractivity contribution < 1.29 is 9.90 Å². The van der Waals surface area contributed by atoms with E-state index in [-0.39, 0.29) is 6.04 Å². The molecule has 5 heteroatoms. The van der Waals surface area contributed by atoms with Gasteiger partial charge in [-0.05, 0) is 48.9 Å². The Morgan fingerprint density at radius 1 is 1.32 bits per heavy atom. The number of hydrogen-bond donors (Lipinski definition) is 1. The molecule has 3 heterocycles. The number of aliphatic carboxylic acids is 1. The molecule has 0 aliphatic carbocycles. The Balaban J connectivity index is 1.86. The molecule has 1 aromatic carbocycles. The number of carboxylic acids is 1. The minimum absolute atomic E-state index is 0.109. The van der Waals surface area contributed by atoms with Gasteiger partial charge in [-0.25, -0.2) is 0 Å². The maximum atomic E-state index is 11.8. The van der Waals surface area contributed by atoms with Crippen LogP contribution in [0.4, 0.5) is 0 Å². The summed E-state index contributed by atoms with van der Waals surface area (Å²) in [6.45, 7) is 2.83. The molecule has 128 valence electrons. The molecule has 0 amide bonds.